The number of ether oxygens (including phenoxy) is 1. The standard InChI is InChI=1S/C14H16BrNO5/c15-12-7-11(9-4-2-1-3-5-9)10(8-21-14(17)18)6-13(12)16(19)20/h6-7,9H,1-5,8H2,(H,17,18). The van der Waals surface area contributed by atoms with Crippen molar-refractivity contribution in [3.8, 4) is 0 Å². The van der Waals surface area contributed by atoms with Gasteiger partial charge in [-0.15, -0.1) is 0 Å². The molecule has 6 nitrogen and oxygen atoms in total. The van der Waals surface area contributed by atoms with E-state index in [0.29, 0.717) is 16.0 Å². The minimum absolute atomic E-state index is 0.0708. The zero-order valence-electron chi connectivity index (χ0n) is 11.4. The Hall–Kier alpha value is -1.63. The Morgan fingerprint density at radius 2 is 2.05 bits per heavy atom. The number of carbonyl (C=O) groups is 1. The van der Waals surface area contributed by atoms with Gasteiger partial charge in [-0.1, -0.05) is 19.3 Å². The average Bonchev–Trinajstić information content (AvgIpc) is 2.46. The van der Waals surface area contributed by atoms with E-state index < -0.39 is 11.1 Å². The van der Waals surface area contributed by atoms with E-state index in [1.54, 1.807) is 6.07 Å². The molecule has 2 rings (SSSR count). The lowest BCUT2D eigenvalue weighted by molar-refractivity contribution is -0.385. The first-order valence-corrected chi connectivity index (χ1v) is 7.60. The molecule has 0 amide bonds. The summed E-state index contributed by atoms with van der Waals surface area (Å²) in [7, 11) is 0. The molecule has 1 N–H and O–H groups in total. The Kier molecular flexibility index (Phi) is 5.17. The third-order valence-electron chi connectivity index (χ3n) is 3.80. The van der Waals surface area contributed by atoms with Crippen molar-refractivity contribution in [1.29, 1.82) is 0 Å². The number of hydrogen-bond donors (Lipinski definition) is 1. The van der Waals surface area contributed by atoms with Crippen LogP contribution in [0.1, 0.15) is 49.1 Å². The van der Waals surface area contributed by atoms with Crippen molar-refractivity contribution < 1.29 is 19.6 Å². The molecule has 0 aliphatic heterocycles. The summed E-state index contributed by atoms with van der Waals surface area (Å²) in [6.07, 6.45) is 4.10. The summed E-state index contributed by atoms with van der Waals surface area (Å²) in [6, 6.07) is 3.16. The molecule has 1 aromatic rings. The zero-order valence-corrected chi connectivity index (χ0v) is 13.0. The first kappa shape index (κ1) is 15.8. The average molecular weight is 358 g/mol. The molecular formula is C14H16BrNO5. The van der Waals surface area contributed by atoms with Crippen molar-refractivity contribution in [2.45, 2.75) is 44.6 Å². The topological polar surface area (TPSA) is 89.7 Å². The monoisotopic (exact) mass is 357 g/mol. The van der Waals surface area contributed by atoms with Gasteiger partial charge in [-0.05, 0) is 51.9 Å². The highest BCUT2D eigenvalue weighted by Gasteiger charge is 2.23. The van der Waals surface area contributed by atoms with E-state index in [1.165, 1.54) is 12.5 Å². The number of halogens is 1. The van der Waals surface area contributed by atoms with E-state index in [-0.39, 0.29) is 12.3 Å². The molecule has 1 aromatic carbocycles. The van der Waals surface area contributed by atoms with Gasteiger partial charge in [-0.3, -0.25) is 10.1 Å². The van der Waals surface area contributed by atoms with Crippen molar-refractivity contribution in [3.05, 3.63) is 37.8 Å². The summed E-state index contributed by atoms with van der Waals surface area (Å²) in [6.45, 7) is -0.157. The van der Waals surface area contributed by atoms with Crippen LogP contribution in [0.4, 0.5) is 10.5 Å². The molecule has 0 heterocycles. The number of hydrogen-bond acceptors (Lipinski definition) is 4. The molecule has 0 unspecified atom stereocenters. The Morgan fingerprint density at radius 1 is 1.38 bits per heavy atom. The maximum atomic E-state index is 11.0. The predicted octanol–water partition coefficient (Wildman–Crippen LogP) is 4.60. The molecule has 1 fully saturated rings. The first-order chi connectivity index (χ1) is 9.99. The summed E-state index contributed by atoms with van der Waals surface area (Å²) in [5.74, 6) is 0.309. The van der Waals surface area contributed by atoms with Gasteiger partial charge in [-0.2, -0.15) is 0 Å². The number of nitro groups is 1. The van der Waals surface area contributed by atoms with Gasteiger partial charge in [0.05, 0.1) is 9.40 Å². The molecular weight excluding hydrogens is 342 g/mol. The third-order valence-corrected chi connectivity index (χ3v) is 4.44. The molecule has 21 heavy (non-hydrogen) atoms. The minimum atomic E-state index is -1.38. The second kappa shape index (κ2) is 6.89. The molecule has 0 aromatic heterocycles. The number of nitro benzene ring substituents is 1. The summed E-state index contributed by atoms with van der Waals surface area (Å²) in [5.41, 5.74) is 1.46. The number of nitrogens with zero attached hydrogens (tertiary/aromatic N) is 1. The lowest BCUT2D eigenvalue weighted by Crippen LogP contribution is -2.10. The van der Waals surface area contributed by atoms with E-state index in [1.807, 2.05) is 0 Å². The molecule has 1 aliphatic rings. The van der Waals surface area contributed by atoms with E-state index in [4.69, 9.17) is 5.11 Å². The van der Waals surface area contributed by atoms with Crippen molar-refractivity contribution in [2.24, 2.45) is 0 Å². The summed E-state index contributed by atoms with van der Waals surface area (Å²) >= 11 is 3.23. The van der Waals surface area contributed by atoms with Crippen LogP contribution in [0.3, 0.4) is 0 Å². The molecule has 0 atom stereocenters. The van der Waals surface area contributed by atoms with Crippen LogP contribution in [-0.2, 0) is 11.3 Å². The van der Waals surface area contributed by atoms with Crippen LogP contribution < -0.4 is 0 Å². The third kappa shape index (κ3) is 3.93. The van der Waals surface area contributed by atoms with Gasteiger partial charge < -0.3 is 9.84 Å². The fourth-order valence-corrected chi connectivity index (χ4v) is 3.32. The van der Waals surface area contributed by atoms with Crippen molar-refractivity contribution in [1.82, 2.24) is 0 Å². The summed E-state index contributed by atoms with van der Waals surface area (Å²) in [4.78, 5) is 21.1. The Balaban J connectivity index is 2.37. The second-order valence-electron chi connectivity index (χ2n) is 5.15. The van der Waals surface area contributed by atoms with Crippen LogP contribution in [-0.4, -0.2) is 16.2 Å². The van der Waals surface area contributed by atoms with Crippen LogP contribution in [0.5, 0.6) is 0 Å². The smallest absolute Gasteiger partial charge is 0.450 e. The maximum Gasteiger partial charge on any atom is 0.506 e. The molecule has 1 saturated carbocycles. The first-order valence-electron chi connectivity index (χ1n) is 6.81. The van der Waals surface area contributed by atoms with Crippen molar-refractivity contribution in [2.75, 3.05) is 0 Å². The van der Waals surface area contributed by atoms with E-state index >= 15 is 0 Å². The molecule has 0 spiro atoms. The molecule has 114 valence electrons. The van der Waals surface area contributed by atoms with Gasteiger partial charge in [0.2, 0.25) is 0 Å². The minimum Gasteiger partial charge on any atom is -0.450 e. The molecule has 7 heteroatoms. The van der Waals surface area contributed by atoms with Crippen LogP contribution in [0.25, 0.3) is 0 Å². The number of carboxylic acid groups (broad SMARTS) is 1. The van der Waals surface area contributed by atoms with Crippen LogP contribution in [0.2, 0.25) is 0 Å². The van der Waals surface area contributed by atoms with Gasteiger partial charge in [0.1, 0.15) is 6.61 Å². The van der Waals surface area contributed by atoms with Gasteiger partial charge in [-0.25, -0.2) is 4.79 Å². The molecule has 0 bridgehead atoms. The van der Waals surface area contributed by atoms with Gasteiger partial charge >= 0.3 is 6.16 Å². The number of rotatable bonds is 4. The van der Waals surface area contributed by atoms with Crippen LogP contribution >= 0.6 is 15.9 Å². The molecule has 1 aliphatic carbocycles. The molecule has 0 saturated heterocycles. The van der Waals surface area contributed by atoms with Gasteiger partial charge in [0.25, 0.3) is 5.69 Å². The second-order valence-corrected chi connectivity index (χ2v) is 6.00. The number of benzene rings is 1. The lowest BCUT2D eigenvalue weighted by atomic mass is 9.82. The maximum absolute atomic E-state index is 11.0. The fraction of sp³-hybridized carbons (Fsp3) is 0.500. The van der Waals surface area contributed by atoms with E-state index in [9.17, 15) is 14.9 Å². The van der Waals surface area contributed by atoms with Gasteiger partial charge in [0, 0.05) is 6.07 Å². The highest BCUT2D eigenvalue weighted by molar-refractivity contribution is 9.10. The summed E-state index contributed by atoms with van der Waals surface area (Å²) < 4.78 is 5.04. The normalized spacial score (nSPS) is 15.7. The highest BCUT2D eigenvalue weighted by atomic mass is 79.9. The van der Waals surface area contributed by atoms with E-state index in [0.717, 1.165) is 31.2 Å². The van der Waals surface area contributed by atoms with Crippen molar-refractivity contribution >= 4 is 27.8 Å². The van der Waals surface area contributed by atoms with Crippen LogP contribution in [0, 0.1) is 10.1 Å². The Morgan fingerprint density at radius 3 is 2.62 bits per heavy atom. The Bertz CT molecular complexity index is 555. The summed E-state index contributed by atoms with van der Waals surface area (Å²) in [5, 5.41) is 19.7. The van der Waals surface area contributed by atoms with E-state index in [2.05, 4.69) is 20.7 Å². The SMILES string of the molecule is O=C(O)OCc1cc([N+](=O)[O-])c(Br)cc1C1CCCCC1. The Labute approximate surface area is 130 Å². The fourth-order valence-electron chi connectivity index (χ4n) is 2.82. The van der Waals surface area contributed by atoms with Gasteiger partial charge in [0.15, 0.2) is 0 Å². The lowest BCUT2D eigenvalue weighted by Gasteiger charge is -2.24. The quantitative estimate of drug-likeness (QED) is 0.483. The highest BCUT2D eigenvalue weighted by Crippen LogP contribution is 2.38. The van der Waals surface area contributed by atoms with Crippen LogP contribution in [0.15, 0.2) is 16.6 Å². The zero-order chi connectivity index (χ0) is 15.4. The largest absolute Gasteiger partial charge is 0.506 e. The van der Waals surface area contributed by atoms with Crippen molar-refractivity contribution in [3.63, 3.8) is 0 Å². The predicted molar refractivity (Wildman–Crippen MR) is 79.4 cm³/mol. The molecule has 0 radical (unpaired) electrons.